The maximum absolute atomic E-state index is 13.3. The van der Waals surface area contributed by atoms with E-state index in [1.165, 1.54) is 11.3 Å². The number of thiazole rings is 1. The molecule has 0 radical (unpaired) electrons. The van der Waals surface area contributed by atoms with Crippen LogP contribution in [0.4, 0.5) is 15.6 Å². The van der Waals surface area contributed by atoms with Crippen LogP contribution in [0.2, 0.25) is 0 Å². The number of aromatic nitrogens is 2. The molecule has 1 aliphatic rings. The van der Waals surface area contributed by atoms with Crippen molar-refractivity contribution in [3.63, 3.8) is 0 Å². The van der Waals surface area contributed by atoms with Gasteiger partial charge in [0, 0.05) is 12.0 Å². The Hall–Kier alpha value is -5.16. The van der Waals surface area contributed by atoms with E-state index >= 15 is 0 Å². The second-order valence-electron chi connectivity index (χ2n) is 9.31. The van der Waals surface area contributed by atoms with Crippen LogP contribution in [0.15, 0.2) is 84.9 Å². The average molecular weight is 583 g/mol. The fourth-order valence-electron chi connectivity index (χ4n) is 4.50. The van der Waals surface area contributed by atoms with Crippen LogP contribution >= 0.6 is 11.3 Å². The summed E-state index contributed by atoms with van der Waals surface area (Å²) in [5.41, 5.74) is 2.22. The van der Waals surface area contributed by atoms with Gasteiger partial charge in [0.2, 0.25) is 0 Å². The van der Waals surface area contributed by atoms with E-state index in [9.17, 15) is 14.7 Å². The number of nitrogens with one attached hydrogen (secondary N) is 1. The van der Waals surface area contributed by atoms with Crippen molar-refractivity contribution in [2.75, 3.05) is 36.6 Å². The number of para-hydroxylation sites is 2. The summed E-state index contributed by atoms with van der Waals surface area (Å²) < 4.78 is 18.2. The van der Waals surface area contributed by atoms with Gasteiger partial charge in [-0.1, -0.05) is 41.7 Å². The predicted molar refractivity (Wildman–Crippen MR) is 160 cm³/mol. The van der Waals surface area contributed by atoms with Crippen LogP contribution in [0.5, 0.6) is 17.2 Å². The number of hydrogen-bond donors (Lipinski definition) is 2. The highest BCUT2D eigenvalue weighted by atomic mass is 32.1. The van der Waals surface area contributed by atoms with Crippen molar-refractivity contribution in [1.29, 1.82) is 0 Å². The van der Waals surface area contributed by atoms with E-state index in [1.807, 2.05) is 54.6 Å². The summed E-state index contributed by atoms with van der Waals surface area (Å²) in [4.78, 5) is 35.8. The molecule has 6 rings (SSSR count). The minimum absolute atomic E-state index is 0.170. The Morgan fingerprint density at radius 2 is 1.76 bits per heavy atom. The summed E-state index contributed by atoms with van der Waals surface area (Å²) in [6.07, 6.45) is 0.565. The molecule has 0 saturated carbocycles. The molecule has 3 aromatic carbocycles. The first-order chi connectivity index (χ1) is 20.5. The standard InChI is InChI=1S/C31H26N4O6S/c36-29(37)28-26(40-17-6-16-39-21-7-2-1-3-8-21)14-12-22(32-28)20-11-13-25-24(19-20)35(15-18-41-25)31(38)34-30-33-23-9-4-5-10-27(23)42-30/h1-5,7-14,19H,6,15-18H2,(H,36,37)(H,33,34,38). The number of benzene rings is 3. The summed E-state index contributed by atoms with van der Waals surface area (Å²) in [7, 11) is 0. The predicted octanol–water partition coefficient (Wildman–Crippen LogP) is 6.34. The fourth-order valence-corrected chi connectivity index (χ4v) is 5.35. The van der Waals surface area contributed by atoms with Crippen LogP contribution in [0.3, 0.4) is 0 Å². The first-order valence-corrected chi connectivity index (χ1v) is 14.1. The molecule has 3 heterocycles. The number of nitrogens with zero attached hydrogens (tertiary/aromatic N) is 3. The minimum Gasteiger partial charge on any atom is -0.493 e. The lowest BCUT2D eigenvalue weighted by atomic mass is 10.1. The lowest BCUT2D eigenvalue weighted by Gasteiger charge is -2.29. The quantitative estimate of drug-likeness (QED) is 0.193. The highest BCUT2D eigenvalue weighted by molar-refractivity contribution is 7.22. The number of carbonyl (C=O) groups is 2. The van der Waals surface area contributed by atoms with E-state index in [2.05, 4.69) is 15.3 Å². The van der Waals surface area contributed by atoms with Gasteiger partial charge in [0.15, 0.2) is 16.6 Å². The number of aromatic carboxylic acids is 1. The maximum atomic E-state index is 13.3. The number of hydrogen-bond acceptors (Lipinski definition) is 8. The number of anilines is 2. The monoisotopic (exact) mass is 582 g/mol. The van der Waals surface area contributed by atoms with Crippen molar-refractivity contribution in [3.8, 4) is 28.5 Å². The molecule has 0 fully saturated rings. The van der Waals surface area contributed by atoms with Gasteiger partial charge in [-0.05, 0) is 54.6 Å². The number of amides is 2. The lowest BCUT2D eigenvalue weighted by molar-refractivity contribution is 0.0685. The number of ether oxygens (including phenoxy) is 3. The molecule has 0 unspecified atom stereocenters. The molecule has 2 amide bonds. The molecular formula is C31H26N4O6S. The Balaban J connectivity index is 1.16. The SMILES string of the molecule is O=C(O)c1nc(-c2ccc3c(c2)N(C(=O)Nc2nc4ccccc4s2)CCO3)ccc1OCCCOc1ccccc1. The highest BCUT2D eigenvalue weighted by Gasteiger charge is 2.26. The number of urea groups is 1. The van der Waals surface area contributed by atoms with Gasteiger partial charge in [0.05, 0.1) is 41.4 Å². The number of fused-ring (bicyclic) bond motifs is 2. The van der Waals surface area contributed by atoms with E-state index in [-0.39, 0.29) is 24.1 Å². The molecular weight excluding hydrogens is 556 g/mol. The third kappa shape index (κ3) is 5.96. The van der Waals surface area contributed by atoms with Crippen LogP contribution < -0.4 is 24.4 Å². The third-order valence-electron chi connectivity index (χ3n) is 6.49. The van der Waals surface area contributed by atoms with E-state index in [0.717, 1.165) is 16.0 Å². The molecule has 2 N–H and O–H groups in total. The van der Waals surface area contributed by atoms with E-state index in [4.69, 9.17) is 14.2 Å². The Labute approximate surface area is 245 Å². The molecule has 0 bridgehead atoms. The number of pyridine rings is 1. The Morgan fingerprint density at radius 3 is 2.60 bits per heavy atom. The van der Waals surface area contributed by atoms with E-state index in [1.54, 1.807) is 35.2 Å². The topological polar surface area (TPSA) is 123 Å². The van der Waals surface area contributed by atoms with Crippen molar-refractivity contribution in [1.82, 2.24) is 9.97 Å². The van der Waals surface area contributed by atoms with Gasteiger partial charge in [-0.25, -0.2) is 19.6 Å². The Kier molecular flexibility index (Phi) is 7.82. The number of carboxylic acids is 1. The molecule has 0 saturated heterocycles. The average Bonchev–Trinajstić information content (AvgIpc) is 3.43. The molecule has 42 heavy (non-hydrogen) atoms. The van der Waals surface area contributed by atoms with Gasteiger partial charge in [-0.3, -0.25) is 10.2 Å². The number of carboxylic acid groups (broad SMARTS) is 1. The molecule has 0 spiro atoms. The van der Waals surface area contributed by atoms with Crippen LogP contribution in [0.1, 0.15) is 16.9 Å². The van der Waals surface area contributed by atoms with Gasteiger partial charge in [0.1, 0.15) is 18.1 Å². The smallest absolute Gasteiger partial charge is 0.358 e. The van der Waals surface area contributed by atoms with Crippen molar-refractivity contribution >= 4 is 44.4 Å². The van der Waals surface area contributed by atoms with Crippen LogP contribution in [-0.2, 0) is 0 Å². The summed E-state index contributed by atoms with van der Waals surface area (Å²) >= 11 is 1.40. The normalized spacial score (nSPS) is 12.3. The summed E-state index contributed by atoms with van der Waals surface area (Å²) in [6.45, 7) is 1.37. The first-order valence-electron chi connectivity index (χ1n) is 13.3. The number of carbonyl (C=O) groups excluding carboxylic acids is 1. The fraction of sp³-hybridized carbons (Fsp3) is 0.161. The largest absolute Gasteiger partial charge is 0.493 e. The lowest BCUT2D eigenvalue weighted by Crippen LogP contribution is -2.40. The van der Waals surface area contributed by atoms with E-state index in [0.29, 0.717) is 54.0 Å². The second kappa shape index (κ2) is 12.1. The molecule has 212 valence electrons. The van der Waals surface area contributed by atoms with Crippen LogP contribution in [0, 0.1) is 0 Å². The zero-order chi connectivity index (χ0) is 28.9. The molecule has 0 aliphatic carbocycles. The van der Waals surface area contributed by atoms with Crippen molar-refractivity contribution in [2.24, 2.45) is 0 Å². The summed E-state index contributed by atoms with van der Waals surface area (Å²) in [5, 5.41) is 13.2. The Bertz CT molecular complexity index is 1710. The third-order valence-corrected chi connectivity index (χ3v) is 7.44. The molecule has 10 nitrogen and oxygen atoms in total. The number of rotatable bonds is 9. The zero-order valence-electron chi connectivity index (χ0n) is 22.4. The van der Waals surface area contributed by atoms with Crippen molar-refractivity contribution < 1.29 is 28.9 Å². The molecule has 2 aromatic heterocycles. The second-order valence-corrected chi connectivity index (χ2v) is 10.3. The van der Waals surface area contributed by atoms with Gasteiger partial charge in [0.25, 0.3) is 0 Å². The van der Waals surface area contributed by atoms with Gasteiger partial charge in [-0.2, -0.15) is 0 Å². The van der Waals surface area contributed by atoms with Crippen LogP contribution in [-0.4, -0.2) is 53.4 Å². The molecule has 5 aromatic rings. The van der Waals surface area contributed by atoms with E-state index < -0.39 is 5.97 Å². The molecule has 0 atom stereocenters. The molecule has 11 heteroatoms. The van der Waals surface area contributed by atoms with Crippen molar-refractivity contribution in [3.05, 3.63) is 90.6 Å². The van der Waals surface area contributed by atoms with Crippen LogP contribution in [0.25, 0.3) is 21.5 Å². The van der Waals surface area contributed by atoms with Gasteiger partial charge < -0.3 is 19.3 Å². The maximum Gasteiger partial charge on any atom is 0.358 e. The summed E-state index contributed by atoms with van der Waals surface area (Å²) in [6, 6.07) is 25.4. The molecule has 1 aliphatic heterocycles. The highest BCUT2D eigenvalue weighted by Crippen LogP contribution is 2.37. The Morgan fingerprint density at radius 1 is 0.952 bits per heavy atom. The van der Waals surface area contributed by atoms with Gasteiger partial charge in [-0.15, -0.1) is 0 Å². The first kappa shape index (κ1) is 27.0. The summed E-state index contributed by atoms with van der Waals surface area (Å²) in [5.74, 6) is 0.271. The minimum atomic E-state index is -1.20. The van der Waals surface area contributed by atoms with Gasteiger partial charge >= 0.3 is 12.0 Å². The van der Waals surface area contributed by atoms with Crippen molar-refractivity contribution in [2.45, 2.75) is 6.42 Å². The zero-order valence-corrected chi connectivity index (χ0v) is 23.2.